The van der Waals surface area contributed by atoms with Crippen molar-refractivity contribution in [2.24, 2.45) is 21.5 Å². The van der Waals surface area contributed by atoms with Gasteiger partial charge >= 0.3 is 0 Å². The summed E-state index contributed by atoms with van der Waals surface area (Å²) < 4.78 is 0. The Morgan fingerprint density at radius 1 is 0.824 bits per heavy atom. The van der Waals surface area contributed by atoms with Gasteiger partial charge in [0.25, 0.3) is 0 Å². The molecule has 6 nitrogen and oxygen atoms in total. The van der Waals surface area contributed by atoms with Gasteiger partial charge in [0.2, 0.25) is 0 Å². The summed E-state index contributed by atoms with van der Waals surface area (Å²) in [7, 11) is 3.35. The van der Waals surface area contributed by atoms with Crippen LogP contribution in [-0.2, 0) is 0 Å². The Morgan fingerprint density at radius 3 is 1.47 bits per heavy atom. The summed E-state index contributed by atoms with van der Waals surface area (Å²) in [5.74, 6) is 1.02. The van der Waals surface area contributed by atoms with E-state index in [1.54, 1.807) is 14.1 Å². The number of rotatable bonds is 7. The van der Waals surface area contributed by atoms with Crippen molar-refractivity contribution in [3.63, 3.8) is 0 Å². The third kappa shape index (κ3) is 13.2. The summed E-state index contributed by atoms with van der Waals surface area (Å²) in [5.41, 5.74) is 11.0. The molecular formula is C10H25IN6. The fourth-order valence-corrected chi connectivity index (χ4v) is 1.19. The van der Waals surface area contributed by atoms with Crippen molar-refractivity contribution in [1.82, 2.24) is 10.6 Å². The number of hydrogen-bond acceptors (Lipinski definition) is 2. The summed E-state index contributed by atoms with van der Waals surface area (Å²) >= 11 is 0. The van der Waals surface area contributed by atoms with Crippen molar-refractivity contribution in [1.29, 1.82) is 0 Å². The maximum absolute atomic E-state index is 5.49. The van der Waals surface area contributed by atoms with E-state index in [1.807, 2.05) is 0 Å². The van der Waals surface area contributed by atoms with Gasteiger partial charge in [-0.05, 0) is 12.8 Å². The van der Waals surface area contributed by atoms with Crippen LogP contribution in [-0.4, -0.2) is 39.1 Å². The fourth-order valence-electron chi connectivity index (χ4n) is 1.19. The largest absolute Gasteiger partial charge is 0.370 e. The maximum Gasteiger partial charge on any atom is 0.188 e. The number of unbranched alkanes of at least 4 members (excludes halogenated alkanes) is 3. The minimum Gasteiger partial charge on any atom is -0.370 e. The molecule has 0 bridgehead atoms. The molecule has 7 heteroatoms. The quantitative estimate of drug-likeness (QED) is 0.227. The highest BCUT2D eigenvalue weighted by molar-refractivity contribution is 14.0. The fraction of sp³-hybridized carbons (Fsp3) is 0.800. The molecule has 0 aliphatic rings. The van der Waals surface area contributed by atoms with Crippen LogP contribution < -0.4 is 22.1 Å². The summed E-state index contributed by atoms with van der Waals surface area (Å²) in [6, 6.07) is 0. The summed E-state index contributed by atoms with van der Waals surface area (Å²) in [6.45, 7) is 1.77. The van der Waals surface area contributed by atoms with Crippen LogP contribution in [0.5, 0.6) is 0 Å². The van der Waals surface area contributed by atoms with E-state index in [1.165, 1.54) is 12.8 Å². The van der Waals surface area contributed by atoms with E-state index in [4.69, 9.17) is 11.5 Å². The average molecular weight is 356 g/mol. The Kier molecular flexibility index (Phi) is 14.6. The Balaban J connectivity index is 0. The number of halogens is 1. The molecule has 0 rings (SSSR count). The highest BCUT2D eigenvalue weighted by Crippen LogP contribution is 1.97. The number of nitrogens with one attached hydrogen (secondary N) is 2. The average Bonchev–Trinajstić information content (AvgIpc) is 2.31. The standard InChI is InChI=1S/C10H24N6.HI/c1-13-9(11)15-7-5-3-4-6-8-16-10(12)14-2;/h3-8H2,1-2H3,(H3,11,13,15)(H3,12,14,16);1H. The van der Waals surface area contributed by atoms with Gasteiger partial charge in [-0.1, -0.05) is 12.8 Å². The number of guanidine groups is 2. The van der Waals surface area contributed by atoms with E-state index in [0.717, 1.165) is 25.9 Å². The van der Waals surface area contributed by atoms with Crippen molar-refractivity contribution in [3.05, 3.63) is 0 Å². The lowest BCUT2D eigenvalue weighted by molar-refractivity contribution is 0.622. The molecule has 0 saturated heterocycles. The zero-order valence-corrected chi connectivity index (χ0v) is 13.0. The second kappa shape index (κ2) is 13.3. The molecule has 0 aromatic heterocycles. The number of aliphatic imine (C=N–C) groups is 2. The first kappa shape index (κ1) is 18.6. The second-order valence-electron chi connectivity index (χ2n) is 3.49. The summed E-state index contributed by atoms with van der Waals surface area (Å²) in [4.78, 5) is 7.62. The Hall–Kier alpha value is -0.730. The monoisotopic (exact) mass is 356 g/mol. The number of hydrogen-bond donors (Lipinski definition) is 4. The van der Waals surface area contributed by atoms with Crippen molar-refractivity contribution >= 4 is 35.9 Å². The molecule has 102 valence electrons. The van der Waals surface area contributed by atoms with Gasteiger partial charge in [-0.2, -0.15) is 0 Å². The van der Waals surface area contributed by atoms with Crippen LogP contribution in [0.3, 0.4) is 0 Å². The smallest absolute Gasteiger partial charge is 0.188 e. The lowest BCUT2D eigenvalue weighted by atomic mass is 10.2. The topological polar surface area (TPSA) is 101 Å². The molecule has 17 heavy (non-hydrogen) atoms. The van der Waals surface area contributed by atoms with Gasteiger partial charge in [0, 0.05) is 27.2 Å². The number of nitrogens with zero attached hydrogens (tertiary/aromatic N) is 2. The van der Waals surface area contributed by atoms with Gasteiger partial charge in [0.1, 0.15) is 0 Å². The van der Waals surface area contributed by atoms with Crippen molar-refractivity contribution < 1.29 is 0 Å². The first-order chi connectivity index (χ1) is 7.70. The molecule has 0 amide bonds. The molecule has 0 spiro atoms. The Bertz CT molecular complexity index is 205. The van der Waals surface area contributed by atoms with Gasteiger partial charge in [-0.15, -0.1) is 24.0 Å². The third-order valence-electron chi connectivity index (χ3n) is 2.20. The second-order valence-corrected chi connectivity index (χ2v) is 3.49. The molecule has 0 aromatic carbocycles. The minimum atomic E-state index is 0. The lowest BCUT2D eigenvalue weighted by Gasteiger charge is -2.05. The Morgan fingerprint density at radius 2 is 1.18 bits per heavy atom. The van der Waals surface area contributed by atoms with Gasteiger partial charge < -0.3 is 22.1 Å². The minimum absolute atomic E-state index is 0. The van der Waals surface area contributed by atoms with Crippen LogP contribution in [0.1, 0.15) is 25.7 Å². The van der Waals surface area contributed by atoms with Gasteiger partial charge in [0.15, 0.2) is 11.9 Å². The van der Waals surface area contributed by atoms with Crippen LogP contribution in [0.4, 0.5) is 0 Å². The van der Waals surface area contributed by atoms with E-state index in [9.17, 15) is 0 Å². The van der Waals surface area contributed by atoms with Crippen molar-refractivity contribution in [2.45, 2.75) is 25.7 Å². The van der Waals surface area contributed by atoms with Gasteiger partial charge in [-0.25, -0.2) is 0 Å². The predicted molar refractivity (Wildman–Crippen MR) is 85.0 cm³/mol. The maximum atomic E-state index is 5.49. The number of nitrogens with two attached hydrogens (primary N) is 2. The normalized spacial score (nSPS) is 11.9. The zero-order chi connectivity index (χ0) is 12.2. The highest BCUT2D eigenvalue weighted by atomic mass is 127. The molecule has 0 atom stereocenters. The molecule has 0 fully saturated rings. The van der Waals surface area contributed by atoms with Gasteiger partial charge in [-0.3, -0.25) is 9.98 Å². The predicted octanol–water partition coefficient (Wildman–Crippen LogP) is 0.233. The molecule has 0 saturated carbocycles. The van der Waals surface area contributed by atoms with Crippen LogP contribution in [0.2, 0.25) is 0 Å². The molecule has 0 radical (unpaired) electrons. The summed E-state index contributed by atoms with van der Waals surface area (Å²) in [5, 5.41) is 6.05. The van der Waals surface area contributed by atoms with E-state index in [0.29, 0.717) is 11.9 Å². The van der Waals surface area contributed by atoms with Crippen LogP contribution >= 0.6 is 24.0 Å². The van der Waals surface area contributed by atoms with E-state index < -0.39 is 0 Å². The van der Waals surface area contributed by atoms with Crippen LogP contribution in [0.25, 0.3) is 0 Å². The molecular weight excluding hydrogens is 331 g/mol. The lowest BCUT2D eigenvalue weighted by Crippen LogP contribution is -2.32. The molecule has 0 aromatic rings. The Labute approximate surface area is 121 Å². The van der Waals surface area contributed by atoms with Crippen molar-refractivity contribution in [2.75, 3.05) is 27.2 Å². The molecule has 0 aliphatic carbocycles. The molecule has 6 N–H and O–H groups in total. The molecule has 0 unspecified atom stereocenters. The molecule has 0 heterocycles. The zero-order valence-electron chi connectivity index (χ0n) is 10.7. The molecule has 0 aliphatic heterocycles. The van der Waals surface area contributed by atoms with Crippen LogP contribution in [0, 0.1) is 0 Å². The SMILES string of the molecule is CN=C(N)NCCCCCCNC(N)=NC.I. The van der Waals surface area contributed by atoms with E-state index in [2.05, 4.69) is 20.6 Å². The highest BCUT2D eigenvalue weighted by Gasteiger charge is 1.92. The van der Waals surface area contributed by atoms with Gasteiger partial charge in [0.05, 0.1) is 0 Å². The van der Waals surface area contributed by atoms with Crippen molar-refractivity contribution in [3.8, 4) is 0 Å². The summed E-state index contributed by atoms with van der Waals surface area (Å²) in [6.07, 6.45) is 4.56. The third-order valence-corrected chi connectivity index (χ3v) is 2.20. The first-order valence-electron chi connectivity index (χ1n) is 5.63. The van der Waals surface area contributed by atoms with E-state index in [-0.39, 0.29) is 24.0 Å². The first-order valence-corrected chi connectivity index (χ1v) is 5.63. The van der Waals surface area contributed by atoms with Crippen LogP contribution in [0.15, 0.2) is 9.98 Å². The van der Waals surface area contributed by atoms with E-state index >= 15 is 0 Å².